The van der Waals surface area contributed by atoms with Crippen LogP contribution in [0.15, 0.2) is 0 Å². The Kier molecular flexibility index (Phi) is 10.2. The molecule has 1 saturated carbocycles. The molecule has 1 atom stereocenters. The molecule has 0 aromatic carbocycles. The second kappa shape index (κ2) is 10.2. The number of hydrogen-bond donors (Lipinski definition) is 0. The molecule has 1 unspecified atom stereocenters. The third-order valence-electron chi connectivity index (χ3n) is 4.01. The Morgan fingerprint density at radius 1 is 1.00 bits per heavy atom. The Morgan fingerprint density at radius 3 is 2.31 bits per heavy atom. The van der Waals surface area contributed by atoms with E-state index in [-0.39, 0.29) is 7.43 Å². The molecule has 0 heterocycles. The highest BCUT2D eigenvalue weighted by Crippen LogP contribution is 2.30. The lowest BCUT2D eigenvalue weighted by Crippen LogP contribution is -2.10. The van der Waals surface area contributed by atoms with Crippen LogP contribution in [0, 0.1) is 11.8 Å². The maximum Gasteiger partial charge on any atom is -0.0412 e. The number of hydrogen-bond acceptors (Lipinski definition) is 0. The van der Waals surface area contributed by atoms with Crippen LogP contribution in [0.25, 0.3) is 0 Å². The van der Waals surface area contributed by atoms with Crippen LogP contribution < -0.4 is 0 Å². The van der Waals surface area contributed by atoms with Gasteiger partial charge in [0.2, 0.25) is 0 Å². The van der Waals surface area contributed by atoms with E-state index in [1.807, 2.05) is 0 Å². The number of unbranched alkanes of at least 4 members (excludes halogenated alkanes) is 3. The van der Waals surface area contributed by atoms with Crippen molar-refractivity contribution in [1.82, 2.24) is 0 Å². The van der Waals surface area contributed by atoms with Crippen LogP contribution >= 0.6 is 0 Å². The van der Waals surface area contributed by atoms with E-state index in [2.05, 4.69) is 13.8 Å². The first kappa shape index (κ1) is 16.0. The van der Waals surface area contributed by atoms with Crippen LogP contribution in [0.1, 0.15) is 91.9 Å². The molecule has 0 aromatic heterocycles. The van der Waals surface area contributed by atoms with Crippen molar-refractivity contribution in [3.8, 4) is 0 Å². The summed E-state index contributed by atoms with van der Waals surface area (Å²) in [6.45, 7) is 4.77. The monoisotopic (exact) mass is 226 g/mol. The van der Waals surface area contributed by atoms with Gasteiger partial charge in [0, 0.05) is 0 Å². The second-order valence-corrected chi connectivity index (χ2v) is 5.69. The molecule has 1 aliphatic carbocycles. The van der Waals surface area contributed by atoms with Crippen LogP contribution in [-0.4, -0.2) is 0 Å². The predicted octanol–water partition coefficient (Wildman–Crippen LogP) is 6.20. The smallest absolute Gasteiger partial charge is 0.0412 e. The zero-order valence-corrected chi connectivity index (χ0v) is 10.9. The first-order valence-electron chi connectivity index (χ1n) is 7.33. The topological polar surface area (TPSA) is 0 Å². The molecule has 0 heteroatoms. The molecule has 0 spiro atoms. The van der Waals surface area contributed by atoms with Gasteiger partial charge in [0.15, 0.2) is 0 Å². The average Bonchev–Trinajstić information content (AvgIpc) is 2.26. The maximum absolute atomic E-state index is 2.47. The fourth-order valence-electron chi connectivity index (χ4n) is 3.03. The van der Waals surface area contributed by atoms with E-state index < -0.39 is 0 Å². The Labute approximate surface area is 104 Å². The quantitative estimate of drug-likeness (QED) is 0.453. The van der Waals surface area contributed by atoms with Crippen LogP contribution in [0.3, 0.4) is 0 Å². The van der Waals surface area contributed by atoms with Crippen molar-refractivity contribution in [2.75, 3.05) is 0 Å². The highest BCUT2D eigenvalue weighted by Gasteiger charge is 2.15. The lowest BCUT2D eigenvalue weighted by atomic mass is 9.82. The van der Waals surface area contributed by atoms with Crippen molar-refractivity contribution >= 4 is 0 Å². The standard InChI is InChI=1S/C15H30.CH4/c1-3-4-5-7-10-14(2)13-15-11-8-6-9-12-15;/h14-15H,3-13H2,1-2H3;1H4. The summed E-state index contributed by atoms with van der Waals surface area (Å²) in [6, 6.07) is 0. The first-order chi connectivity index (χ1) is 7.33. The van der Waals surface area contributed by atoms with Crippen LogP contribution in [-0.2, 0) is 0 Å². The molecular formula is C16H34. The predicted molar refractivity (Wildman–Crippen MR) is 75.8 cm³/mol. The Hall–Kier alpha value is 0. The fourth-order valence-corrected chi connectivity index (χ4v) is 3.03. The van der Waals surface area contributed by atoms with E-state index in [0.29, 0.717) is 0 Å². The summed E-state index contributed by atoms with van der Waals surface area (Å²) in [5.41, 5.74) is 0. The molecule has 0 aliphatic heterocycles. The zero-order valence-electron chi connectivity index (χ0n) is 10.9. The summed E-state index contributed by atoms with van der Waals surface area (Å²) in [7, 11) is 0. The van der Waals surface area contributed by atoms with Gasteiger partial charge in [-0.1, -0.05) is 85.5 Å². The van der Waals surface area contributed by atoms with Gasteiger partial charge in [-0.15, -0.1) is 0 Å². The molecule has 0 amide bonds. The Morgan fingerprint density at radius 2 is 1.69 bits per heavy atom. The van der Waals surface area contributed by atoms with Crippen molar-refractivity contribution in [2.24, 2.45) is 11.8 Å². The highest BCUT2D eigenvalue weighted by atomic mass is 14.2. The summed E-state index contributed by atoms with van der Waals surface area (Å²) in [5, 5.41) is 0. The summed E-state index contributed by atoms with van der Waals surface area (Å²) >= 11 is 0. The van der Waals surface area contributed by atoms with Crippen molar-refractivity contribution in [3.05, 3.63) is 0 Å². The van der Waals surface area contributed by atoms with E-state index in [9.17, 15) is 0 Å². The van der Waals surface area contributed by atoms with Gasteiger partial charge in [-0.25, -0.2) is 0 Å². The van der Waals surface area contributed by atoms with Gasteiger partial charge in [-0.3, -0.25) is 0 Å². The summed E-state index contributed by atoms with van der Waals surface area (Å²) in [6.07, 6.45) is 16.3. The SMILES string of the molecule is C.CCCCCCC(C)CC1CCCCC1. The maximum atomic E-state index is 2.47. The molecule has 1 rings (SSSR count). The lowest BCUT2D eigenvalue weighted by Gasteiger charge is -2.24. The van der Waals surface area contributed by atoms with Crippen LogP contribution in [0.5, 0.6) is 0 Å². The summed E-state index contributed by atoms with van der Waals surface area (Å²) in [5.74, 6) is 2.07. The van der Waals surface area contributed by atoms with Crippen LogP contribution in [0.2, 0.25) is 0 Å². The molecule has 0 aromatic rings. The molecule has 0 nitrogen and oxygen atoms in total. The lowest BCUT2D eigenvalue weighted by molar-refractivity contribution is 0.286. The third-order valence-corrected chi connectivity index (χ3v) is 4.01. The van der Waals surface area contributed by atoms with E-state index >= 15 is 0 Å². The summed E-state index contributed by atoms with van der Waals surface area (Å²) in [4.78, 5) is 0. The van der Waals surface area contributed by atoms with Gasteiger partial charge in [0.05, 0.1) is 0 Å². The highest BCUT2D eigenvalue weighted by molar-refractivity contribution is 4.68. The average molecular weight is 226 g/mol. The molecular weight excluding hydrogens is 192 g/mol. The zero-order chi connectivity index (χ0) is 10.9. The van der Waals surface area contributed by atoms with E-state index in [1.165, 1.54) is 70.6 Å². The normalized spacial score (nSPS) is 19.1. The van der Waals surface area contributed by atoms with Gasteiger partial charge in [0.1, 0.15) is 0 Å². The molecule has 16 heavy (non-hydrogen) atoms. The van der Waals surface area contributed by atoms with Gasteiger partial charge < -0.3 is 0 Å². The largest absolute Gasteiger partial charge is 0.0776 e. The van der Waals surface area contributed by atoms with E-state index in [1.54, 1.807) is 0 Å². The second-order valence-electron chi connectivity index (χ2n) is 5.69. The van der Waals surface area contributed by atoms with Gasteiger partial charge >= 0.3 is 0 Å². The summed E-state index contributed by atoms with van der Waals surface area (Å²) < 4.78 is 0. The molecule has 0 radical (unpaired) electrons. The fraction of sp³-hybridized carbons (Fsp3) is 1.00. The minimum Gasteiger partial charge on any atom is -0.0776 e. The minimum absolute atomic E-state index is 0. The first-order valence-corrected chi connectivity index (χ1v) is 7.33. The van der Waals surface area contributed by atoms with Crippen LogP contribution in [0.4, 0.5) is 0 Å². The minimum atomic E-state index is 0. The molecule has 1 aliphatic rings. The molecule has 0 bridgehead atoms. The molecule has 98 valence electrons. The molecule has 0 saturated heterocycles. The number of rotatable bonds is 7. The Bertz CT molecular complexity index is 133. The van der Waals surface area contributed by atoms with Gasteiger partial charge in [-0.05, 0) is 18.3 Å². The van der Waals surface area contributed by atoms with Crippen molar-refractivity contribution in [1.29, 1.82) is 0 Å². The third kappa shape index (κ3) is 7.30. The molecule has 1 fully saturated rings. The van der Waals surface area contributed by atoms with Gasteiger partial charge in [0.25, 0.3) is 0 Å². The van der Waals surface area contributed by atoms with Crippen molar-refractivity contribution < 1.29 is 0 Å². The van der Waals surface area contributed by atoms with E-state index in [0.717, 1.165) is 11.8 Å². The van der Waals surface area contributed by atoms with Gasteiger partial charge in [-0.2, -0.15) is 0 Å². The van der Waals surface area contributed by atoms with Crippen molar-refractivity contribution in [3.63, 3.8) is 0 Å². The van der Waals surface area contributed by atoms with Crippen molar-refractivity contribution in [2.45, 2.75) is 91.9 Å². The molecule has 0 N–H and O–H groups in total. The van der Waals surface area contributed by atoms with E-state index in [4.69, 9.17) is 0 Å². The Balaban J connectivity index is 0.00000225.